The molecule has 17 heavy (non-hydrogen) atoms. The first kappa shape index (κ1) is 13.3. The van der Waals surface area contributed by atoms with Crippen molar-refractivity contribution in [3.63, 3.8) is 0 Å². The number of ether oxygens (including phenoxy) is 1. The number of anilines is 2. The summed E-state index contributed by atoms with van der Waals surface area (Å²) < 4.78 is 5.48. The monoisotopic (exact) mass is 236 g/mol. The van der Waals surface area contributed by atoms with E-state index in [4.69, 9.17) is 10.5 Å². The molecular weight excluding hydrogens is 216 g/mol. The summed E-state index contributed by atoms with van der Waals surface area (Å²) in [6.45, 7) is 6.64. The van der Waals surface area contributed by atoms with Gasteiger partial charge in [0.1, 0.15) is 12.0 Å². The van der Waals surface area contributed by atoms with E-state index in [0.29, 0.717) is 17.4 Å². The molecule has 0 aliphatic carbocycles. The van der Waals surface area contributed by atoms with Gasteiger partial charge in [-0.1, -0.05) is 12.2 Å². The third kappa shape index (κ3) is 4.30. The number of allylic oxidation sites excluding steroid dienone is 1. The fourth-order valence-electron chi connectivity index (χ4n) is 1.28. The molecule has 0 atom stereocenters. The van der Waals surface area contributed by atoms with Crippen LogP contribution in [0.1, 0.15) is 27.2 Å². The van der Waals surface area contributed by atoms with Gasteiger partial charge in [-0.25, -0.2) is 4.98 Å². The van der Waals surface area contributed by atoms with Crippen molar-refractivity contribution < 1.29 is 4.74 Å². The Labute approximate surface area is 102 Å². The molecule has 0 saturated carbocycles. The number of hydrogen-bond donors (Lipinski definition) is 2. The standard InChI is InChI=1S/C12H20N4O/c1-4-5-6-7-14-11-10(13)12(16-8-15-11)17-9(2)3/h4-5,8-9H,6-7,13H2,1-3H3,(H,14,15,16)/b5-4+. The van der Waals surface area contributed by atoms with Gasteiger partial charge in [0.25, 0.3) is 0 Å². The number of nitrogens with zero attached hydrogens (tertiary/aromatic N) is 2. The zero-order valence-electron chi connectivity index (χ0n) is 10.6. The van der Waals surface area contributed by atoms with Crippen molar-refractivity contribution in [3.05, 3.63) is 18.5 Å². The zero-order valence-corrected chi connectivity index (χ0v) is 10.6. The lowest BCUT2D eigenvalue weighted by atomic mass is 10.3. The second kappa shape index (κ2) is 6.73. The summed E-state index contributed by atoms with van der Waals surface area (Å²) >= 11 is 0. The molecule has 5 nitrogen and oxygen atoms in total. The number of aromatic nitrogens is 2. The molecule has 0 spiro atoms. The molecule has 1 aromatic rings. The number of rotatable bonds is 6. The Morgan fingerprint density at radius 2 is 2.24 bits per heavy atom. The van der Waals surface area contributed by atoms with Gasteiger partial charge in [-0.2, -0.15) is 4.98 Å². The molecule has 0 saturated heterocycles. The second-order valence-corrected chi connectivity index (χ2v) is 3.89. The molecule has 3 N–H and O–H groups in total. The van der Waals surface area contributed by atoms with Crippen LogP contribution in [-0.2, 0) is 0 Å². The highest BCUT2D eigenvalue weighted by atomic mass is 16.5. The summed E-state index contributed by atoms with van der Waals surface area (Å²) in [4.78, 5) is 8.10. The van der Waals surface area contributed by atoms with Crippen LogP contribution in [0, 0.1) is 0 Å². The summed E-state index contributed by atoms with van der Waals surface area (Å²) in [7, 11) is 0. The van der Waals surface area contributed by atoms with Crippen LogP contribution in [0.15, 0.2) is 18.5 Å². The predicted molar refractivity (Wildman–Crippen MR) is 70.1 cm³/mol. The van der Waals surface area contributed by atoms with Gasteiger partial charge in [0.15, 0.2) is 5.82 Å². The van der Waals surface area contributed by atoms with Crippen LogP contribution in [0.4, 0.5) is 11.5 Å². The highest BCUT2D eigenvalue weighted by Crippen LogP contribution is 2.25. The second-order valence-electron chi connectivity index (χ2n) is 3.89. The van der Waals surface area contributed by atoms with Gasteiger partial charge in [-0.15, -0.1) is 0 Å². The highest BCUT2D eigenvalue weighted by molar-refractivity contribution is 5.66. The fraction of sp³-hybridized carbons (Fsp3) is 0.500. The van der Waals surface area contributed by atoms with Crippen LogP contribution in [0.2, 0.25) is 0 Å². The summed E-state index contributed by atoms with van der Waals surface area (Å²) in [5, 5.41) is 3.15. The summed E-state index contributed by atoms with van der Waals surface area (Å²) in [6.07, 6.45) is 6.52. The van der Waals surface area contributed by atoms with E-state index < -0.39 is 0 Å². The Balaban J connectivity index is 2.66. The molecule has 1 rings (SSSR count). The third-order valence-corrected chi connectivity index (χ3v) is 2.03. The first-order chi connectivity index (χ1) is 8.15. The number of nitrogen functional groups attached to an aromatic ring is 1. The van der Waals surface area contributed by atoms with Crippen LogP contribution >= 0.6 is 0 Å². The lowest BCUT2D eigenvalue weighted by Crippen LogP contribution is -2.12. The summed E-state index contributed by atoms with van der Waals surface area (Å²) in [6, 6.07) is 0. The predicted octanol–water partition coefficient (Wildman–Crippen LogP) is 2.22. The molecular formula is C12H20N4O. The normalized spacial score (nSPS) is 11.1. The lowest BCUT2D eigenvalue weighted by molar-refractivity contribution is 0.234. The van der Waals surface area contributed by atoms with Gasteiger partial charge in [0.05, 0.1) is 6.10 Å². The van der Waals surface area contributed by atoms with E-state index in [1.165, 1.54) is 6.33 Å². The molecule has 1 heterocycles. The van der Waals surface area contributed by atoms with Crippen molar-refractivity contribution in [2.45, 2.75) is 33.3 Å². The fourth-order valence-corrected chi connectivity index (χ4v) is 1.28. The molecule has 0 fully saturated rings. The van der Waals surface area contributed by atoms with Crippen LogP contribution < -0.4 is 15.8 Å². The maximum absolute atomic E-state index is 5.92. The van der Waals surface area contributed by atoms with Crippen LogP contribution in [0.25, 0.3) is 0 Å². The summed E-state index contributed by atoms with van der Waals surface area (Å²) in [5.41, 5.74) is 6.38. The smallest absolute Gasteiger partial charge is 0.242 e. The number of nitrogens with one attached hydrogen (secondary N) is 1. The van der Waals surface area contributed by atoms with Crippen molar-refractivity contribution in [3.8, 4) is 5.88 Å². The molecule has 1 aromatic heterocycles. The quantitative estimate of drug-likeness (QED) is 0.585. The number of nitrogens with two attached hydrogens (primary N) is 1. The molecule has 0 bridgehead atoms. The zero-order chi connectivity index (χ0) is 12.7. The Hall–Kier alpha value is -1.78. The van der Waals surface area contributed by atoms with Gasteiger partial charge >= 0.3 is 0 Å². The maximum atomic E-state index is 5.92. The van der Waals surface area contributed by atoms with Crippen LogP contribution in [0.3, 0.4) is 0 Å². The van der Waals surface area contributed by atoms with E-state index in [1.54, 1.807) is 0 Å². The Kier molecular flexibility index (Phi) is 5.26. The van der Waals surface area contributed by atoms with Crippen molar-refractivity contribution in [1.82, 2.24) is 9.97 Å². The molecule has 0 unspecified atom stereocenters. The molecule has 5 heteroatoms. The van der Waals surface area contributed by atoms with E-state index >= 15 is 0 Å². The minimum absolute atomic E-state index is 0.0445. The largest absolute Gasteiger partial charge is 0.473 e. The highest BCUT2D eigenvalue weighted by Gasteiger charge is 2.09. The molecule has 0 amide bonds. The van der Waals surface area contributed by atoms with Gasteiger partial charge in [-0.3, -0.25) is 0 Å². The Morgan fingerprint density at radius 3 is 2.88 bits per heavy atom. The molecule has 0 radical (unpaired) electrons. The minimum atomic E-state index is 0.0445. The van der Waals surface area contributed by atoms with Crippen molar-refractivity contribution in [2.75, 3.05) is 17.6 Å². The van der Waals surface area contributed by atoms with Gasteiger partial charge < -0.3 is 15.8 Å². The van der Waals surface area contributed by atoms with Crippen molar-refractivity contribution in [1.29, 1.82) is 0 Å². The molecule has 0 aliphatic rings. The van der Waals surface area contributed by atoms with Crippen LogP contribution in [0.5, 0.6) is 5.88 Å². The van der Waals surface area contributed by atoms with Gasteiger partial charge in [-0.05, 0) is 27.2 Å². The summed E-state index contributed by atoms with van der Waals surface area (Å²) in [5.74, 6) is 1.06. The Bertz CT molecular complexity index is 377. The van der Waals surface area contributed by atoms with Crippen LogP contribution in [-0.4, -0.2) is 22.6 Å². The Morgan fingerprint density at radius 1 is 1.47 bits per heavy atom. The average molecular weight is 236 g/mol. The lowest BCUT2D eigenvalue weighted by Gasteiger charge is -2.13. The van der Waals surface area contributed by atoms with Crippen molar-refractivity contribution in [2.24, 2.45) is 0 Å². The average Bonchev–Trinajstić information content (AvgIpc) is 2.28. The SMILES string of the molecule is C/C=C/CCNc1ncnc(OC(C)C)c1N. The number of hydrogen-bond acceptors (Lipinski definition) is 5. The van der Waals surface area contributed by atoms with Crippen molar-refractivity contribution >= 4 is 11.5 Å². The minimum Gasteiger partial charge on any atom is -0.473 e. The van der Waals surface area contributed by atoms with E-state index in [2.05, 4.69) is 21.4 Å². The van der Waals surface area contributed by atoms with Gasteiger partial charge in [0, 0.05) is 6.54 Å². The van der Waals surface area contributed by atoms with E-state index in [0.717, 1.165) is 13.0 Å². The molecule has 0 aliphatic heterocycles. The maximum Gasteiger partial charge on any atom is 0.242 e. The topological polar surface area (TPSA) is 73.1 Å². The van der Waals surface area contributed by atoms with E-state index in [-0.39, 0.29) is 6.10 Å². The van der Waals surface area contributed by atoms with E-state index in [9.17, 15) is 0 Å². The first-order valence-electron chi connectivity index (χ1n) is 5.77. The van der Waals surface area contributed by atoms with Gasteiger partial charge in [0.2, 0.25) is 5.88 Å². The molecule has 94 valence electrons. The first-order valence-corrected chi connectivity index (χ1v) is 5.77. The molecule has 0 aromatic carbocycles. The third-order valence-electron chi connectivity index (χ3n) is 2.03. The van der Waals surface area contributed by atoms with E-state index in [1.807, 2.05) is 26.8 Å².